The Balaban J connectivity index is 4.10. The van der Waals surface area contributed by atoms with Crippen molar-refractivity contribution in [1.82, 2.24) is 0 Å². The fraction of sp³-hybridized carbons (Fsp3) is 0.333. The van der Waals surface area contributed by atoms with Crippen LogP contribution in [0.3, 0.4) is 0 Å². The Morgan fingerprint density at radius 2 is 2.29 bits per heavy atom. The minimum Gasteiger partial charge on any atom is -0.473 e. The van der Waals surface area contributed by atoms with Gasteiger partial charge in [0.25, 0.3) is 0 Å². The number of rotatable bonds is 1. The lowest BCUT2D eigenvalue weighted by Gasteiger charge is -1.69. The van der Waals surface area contributed by atoms with Crippen LogP contribution in [0.25, 0.3) is 5.53 Å². The van der Waals surface area contributed by atoms with Crippen LogP contribution in [0.15, 0.2) is 0 Å². The molecule has 0 aromatic heterocycles. The summed E-state index contributed by atoms with van der Waals surface area (Å²) < 4.78 is 0. The summed E-state index contributed by atoms with van der Waals surface area (Å²) in [6.45, 7) is 1.20. The summed E-state index contributed by atoms with van der Waals surface area (Å²) >= 11 is 0. The highest BCUT2D eigenvalue weighted by atomic mass is 16.4. The van der Waals surface area contributed by atoms with Crippen molar-refractivity contribution in [3.63, 3.8) is 0 Å². The Bertz CT molecular complexity index is 134. The number of carboxylic acid groups (broad SMARTS) is 1. The Hall–Kier alpha value is -1.15. The van der Waals surface area contributed by atoms with Crippen LogP contribution in [0.2, 0.25) is 0 Å². The predicted molar refractivity (Wildman–Crippen MR) is 21.9 cm³/mol. The highest BCUT2D eigenvalue weighted by Gasteiger charge is 2.07. The molecule has 4 nitrogen and oxygen atoms in total. The van der Waals surface area contributed by atoms with Crippen molar-refractivity contribution in [1.29, 1.82) is 0 Å². The maximum atomic E-state index is 9.64. The van der Waals surface area contributed by atoms with E-state index < -0.39 is 5.97 Å². The highest BCUT2D eigenvalue weighted by molar-refractivity contribution is 6.31. The molecule has 0 saturated carbocycles. The smallest absolute Gasteiger partial charge is 0.414 e. The van der Waals surface area contributed by atoms with Crippen molar-refractivity contribution < 1.29 is 14.7 Å². The molecule has 0 spiro atoms. The van der Waals surface area contributed by atoms with E-state index in [1.807, 2.05) is 0 Å². The number of aliphatic carboxylic acids is 1. The average Bonchev–Trinajstić information content (AvgIpc) is 1.65. The minimum absolute atomic E-state index is 0.306. The Kier molecular flexibility index (Phi) is 1.76. The summed E-state index contributed by atoms with van der Waals surface area (Å²) in [5.74, 6) is -1.21. The number of hydrogen-bond donors (Lipinski definition) is 1. The van der Waals surface area contributed by atoms with Gasteiger partial charge in [0.15, 0.2) is 0 Å². The standard InChI is InChI=1S/C3H4N2O2/c1-2(5-4)3(6)7/h1H3,(H,6,7). The molecule has 0 bridgehead atoms. The second-order valence-corrected chi connectivity index (χ2v) is 0.991. The number of nitrogens with zero attached hydrogens (tertiary/aromatic N) is 2. The zero-order valence-electron chi connectivity index (χ0n) is 3.75. The first-order valence-electron chi connectivity index (χ1n) is 1.60. The van der Waals surface area contributed by atoms with Crippen molar-refractivity contribution >= 4 is 11.7 Å². The summed E-state index contributed by atoms with van der Waals surface area (Å²) in [6, 6.07) is 0. The summed E-state index contributed by atoms with van der Waals surface area (Å²) in [4.78, 5) is 12.0. The van der Waals surface area contributed by atoms with Crippen LogP contribution >= 0.6 is 0 Å². The zero-order valence-corrected chi connectivity index (χ0v) is 3.75. The van der Waals surface area contributed by atoms with Crippen LogP contribution in [0.4, 0.5) is 0 Å². The lowest BCUT2D eigenvalue weighted by Crippen LogP contribution is -2.08. The van der Waals surface area contributed by atoms with E-state index in [-0.39, 0.29) is 5.71 Å². The molecule has 0 aliphatic rings. The van der Waals surface area contributed by atoms with E-state index in [2.05, 4.69) is 4.79 Å². The summed E-state index contributed by atoms with van der Waals surface area (Å²) in [6.07, 6.45) is 0. The minimum atomic E-state index is -1.21. The molecule has 0 aliphatic carbocycles. The molecule has 0 aromatic rings. The molecule has 1 N–H and O–H groups in total. The third kappa shape index (κ3) is 1.67. The van der Waals surface area contributed by atoms with Crippen LogP contribution in [0.1, 0.15) is 6.92 Å². The maximum Gasteiger partial charge on any atom is 0.414 e. The molecule has 0 heterocycles. The van der Waals surface area contributed by atoms with Gasteiger partial charge in [0.2, 0.25) is 0 Å². The van der Waals surface area contributed by atoms with E-state index >= 15 is 0 Å². The lowest BCUT2D eigenvalue weighted by molar-refractivity contribution is -0.134. The van der Waals surface area contributed by atoms with Crippen molar-refractivity contribution in [2.45, 2.75) is 6.92 Å². The van der Waals surface area contributed by atoms with Gasteiger partial charge < -0.3 is 10.6 Å². The van der Waals surface area contributed by atoms with Gasteiger partial charge in [-0.05, 0) is 0 Å². The molecule has 0 amide bonds. The van der Waals surface area contributed by atoms with Gasteiger partial charge in [0.05, 0.1) is 0 Å². The monoisotopic (exact) mass is 100 g/mol. The first-order valence-corrected chi connectivity index (χ1v) is 1.60. The molecule has 0 aromatic carbocycles. The lowest BCUT2D eigenvalue weighted by atomic mass is 10.5. The van der Waals surface area contributed by atoms with Crippen molar-refractivity contribution in [3.8, 4) is 0 Å². The fourth-order valence-corrected chi connectivity index (χ4v) is 0.0428. The highest BCUT2D eigenvalue weighted by Crippen LogP contribution is 1.63. The van der Waals surface area contributed by atoms with Gasteiger partial charge in [0.1, 0.15) is 0 Å². The van der Waals surface area contributed by atoms with Gasteiger partial charge in [0, 0.05) is 6.92 Å². The van der Waals surface area contributed by atoms with Gasteiger partial charge in [-0.3, -0.25) is 0 Å². The van der Waals surface area contributed by atoms with Crippen LogP contribution in [0.5, 0.6) is 0 Å². The number of carboxylic acids is 1. The van der Waals surface area contributed by atoms with E-state index in [4.69, 9.17) is 10.6 Å². The molecule has 0 aliphatic heterocycles. The van der Waals surface area contributed by atoms with Gasteiger partial charge in [-0.15, -0.1) is 0 Å². The van der Waals surface area contributed by atoms with Crippen LogP contribution in [-0.4, -0.2) is 21.6 Å². The SMILES string of the molecule is CC(=[N+]=[N-])C(=O)O. The second kappa shape index (κ2) is 2.10. The number of hydrogen-bond acceptors (Lipinski definition) is 1. The van der Waals surface area contributed by atoms with Gasteiger partial charge in [-0.2, -0.15) is 4.79 Å². The van der Waals surface area contributed by atoms with Gasteiger partial charge >= 0.3 is 11.7 Å². The predicted octanol–water partition coefficient (Wildman–Crippen LogP) is -0.238. The van der Waals surface area contributed by atoms with Crippen molar-refractivity contribution in [2.24, 2.45) is 0 Å². The third-order valence-corrected chi connectivity index (χ3v) is 0.460. The van der Waals surface area contributed by atoms with E-state index in [1.165, 1.54) is 6.92 Å². The molecule has 0 rings (SSSR count). The normalized spacial score (nSPS) is 7.00. The molecule has 7 heavy (non-hydrogen) atoms. The average molecular weight is 100 g/mol. The molecule has 0 fully saturated rings. The Morgan fingerprint density at radius 3 is 2.29 bits per heavy atom. The second-order valence-electron chi connectivity index (χ2n) is 0.991. The molecular weight excluding hydrogens is 96.0 g/mol. The first-order chi connectivity index (χ1) is 3.18. The van der Waals surface area contributed by atoms with Crippen LogP contribution < -0.4 is 0 Å². The fourth-order valence-electron chi connectivity index (χ4n) is 0.0428. The van der Waals surface area contributed by atoms with Crippen molar-refractivity contribution in [3.05, 3.63) is 5.53 Å². The molecule has 0 atom stereocenters. The molecule has 0 unspecified atom stereocenters. The van der Waals surface area contributed by atoms with Gasteiger partial charge in [-0.1, -0.05) is 0 Å². The topological polar surface area (TPSA) is 73.7 Å². The summed E-state index contributed by atoms with van der Waals surface area (Å²) in [5, 5.41) is 7.89. The summed E-state index contributed by atoms with van der Waals surface area (Å²) in [7, 11) is 0. The number of carbonyl (C=O) groups is 1. The molecule has 0 radical (unpaired) electrons. The van der Waals surface area contributed by atoms with Crippen LogP contribution in [-0.2, 0) is 4.79 Å². The summed E-state index contributed by atoms with van der Waals surface area (Å²) in [5.41, 5.74) is 7.41. The first kappa shape index (κ1) is 5.85. The van der Waals surface area contributed by atoms with Crippen molar-refractivity contribution in [2.75, 3.05) is 0 Å². The van der Waals surface area contributed by atoms with Gasteiger partial charge in [-0.25, -0.2) is 4.79 Å². The van der Waals surface area contributed by atoms with E-state index in [9.17, 15) is 4.79 Å². The third-order valence-electron chi connectivity index (χ3n) is 0.460. The molecule has 38 valence electrons. The Labute approximate surface area is 40.0 Å². The molecule has 4 heteroatoms. The zero-order chi connectivity index (χ0) is 5.86. The molecular formula is C3H4N2O2. The van der Waals surface area contributed by atoms with Crippen LogP contribution in [0, 0.1) is 0 Å². The Morgan fingerprint density at radius 1 is 1.86 bits per heavy atom. The molecule has 0 saturated heterocycles. The van der Waals surface area contributed by atoms with E-state index in [0.29, 0.717) is 0 Å². The van der Waals surface area contributed by atoms with E-state index in [0.717, 1.165) is 0 Å². The maximum absolute atomic E-state index is 9.64. The largest absolute Gasteiger partial charge is 0.473 e. The van der Waals surface area contributed by atoms with E-state index in [1.54, 1.807) is 0 Å². The quantitative estimate of drug-likeness (QED) is 0.280.